The first-order valence-electron chi connectivity index (χ1n) is 10.2. The molecule has 0 unspecified atom stereocenters. The van der Waals surface area contributed by atoms with Crippen LogP contribution in [0.4, 0.5) is 5.82 Å². The van der Waals surface area contributed by atoms with E-state index in [9.17, 15) is 4.79 Å². The first kappa shape index (κ1) is 18.6. The van der Waals surface area contributed by atoms with Gasteiger partial charge in [0.15, 0.2) is 0 Å². The molecule has 1 aliphatic carbocycles. The van der Waals surface area contributed by atoms with Crippen LogP contribution in [0.5, 0.6) is 5.75 Å². The Kier molecular flexibility index (Phi) is 4.82. The molecule has 1 saturated heterocycles. The largest absolute Gasteiger partial charge is 0.497 e. The van der Waals surface area contributed by atoms with Crippen LogP contribution in [0.2, 0.25) is 0 Å². The Balaban J connectivity index is 1.21. The molecular formula is C22H23N5O3. The molecule has 0 N–H and O–H groups in total. The summed E-state index contributed by atoms with van der Waals surface area (Å²) in [6.45, 7) is 2.76. The Morgan fingerprint density at radius 1 is 1.13 bits per heavy atom. The van der Waals surface area contributed by atoms with Gasteiger partial charge in [0.1, 0.15) is 11.6 Å². The van der Waals surface area contributed by atoms with Gasteiger partial charge in [0, 0.05) is 49.4 Å². The van der Waals surface area contributed by atoms with Gasteiger partial charge in [-0.3, -0.25) is 4.79 Å². The summed E-state index contributed by atoms with van der Waals surface area (Å²) >= 11 is 0. The van der Waals surface area contributed by atoms with Crippen LogP contribution in [0.1, 0.15) is 35.0 Å². The van der Waals surface area contributed by atoms with E-state index in [-0.39, 0.29) is 5.91 Å². The molecule has 1 amide bonds. The van der Waals surface area contributed by atoms with Crippen molar-refractivity contribution in [2.45, 2.75) is 18.8 Å². The molecule has 3 aromatic rings. The summed E-state index contributed by atoms with van der Waals surface area (Å²) in [4.78, 5) is 25.9. The van der Waals surface area contributed by atoms with Crippen molar-refractivity contribution in [3.8, 4) is 17.1 Å². The van der Waals surface area contributed by atoms with Crippen LogP contribution in [-0.4, -0.2) is 59.2 Å². The number of hydrogen-bond acceptors (Lipinski definition) is 7. The summed E-state index contributed by atoms with van der Waals surface area (Å²) in [5, 5.41) is 4.07. The van der Waals surface area contributed by atoms with Crippen molar-refractivity contribution in [1.29, 1.82) is 0 Å². The van der Waals surface area contributed by atoms with Crippen molar-refractivity contribution in [2.75, 3.05) is 38.2 Å². The highest BCUT2D eigenvalue weighted by Gasteiger charge is 2.30. The smallest absolute Gasteiger partial charge is 0.254 e. The van der Waals surface area contributed by atoms with E-state index < -0.39 is 0 Å². The minimum absolute atomic E-state index is 0.0282. The van der Waals surface area contributed by atoms with Crippen molar-refractivity contribution in [3.05, 3.63) is 54.0 Å². The number of carbonyl (C=O) groups excluding carboxylic acids is 1. The molecule has 0 spiro atoms. The van der Waals surface area contributed by atoms with Gasteiger partial charge in [-0.05, 0) is 43.2 Å². The van der Waals surface area contributed by atoms with Gasteiger partial charge < -0.3 is 19.1 Å². The fraction of sp³-hybridized carbons (Fsp3) is 0.364. The van der Waals surface area contributed by atoms with Gasteiger partial charge in [0.2, 0.25) is 11.7 Å². The fourth-order valence-electron chi connectivity index (χ4n) is 3.63. The van der Waals surface area contributed by atoms with Crippen molar-refractivity contribution in [1.82, 2.24) is 20.0 Å². The lowest BCUT2D eigenvalue weighted by atomic mass is 10.1. The molecule has 1 aromatic carbocycles. The molecule has 3 heterocycles. The maximum atomic E-state index is 12.8. The van der Waals surface area contributed by atoms with E-state index in [2.05, 4.69) is 20.0 Å². The maximum absolute atomic E-state index is 12.8. The lowest BCUT2D eigenvalue weighted by molar-refractivity contribution is 0.0746. The minimum atomic E-state index is 0.0282. The number of ether oxygens (including phenoxy) is 1. The minimum Gasteiger partial charge on any atom is -0.497 e. The van der Waals surface area contributed by atoms with Crippen LogP contribution in [0.15, 0.2) is 47.1 Å². The quantitative estimate of drug-likeness (QED) is 0.645. The van der Waals surface area contributed by atoms with Gasteiger partial charge in [0.05, 0.1) is 7.11 Å². The number of pyridine rings is 1. The van der Waals surface area contributed by atoms with Gasteiger partial charge >= 0.3 is 0 Å². The van der Waals surface area contributed by atoms with Crippen LogP contribution in [0.25, 0.3) is 11.4 Å². The number of methoxy groups -OCH3 is 1. The number of rotatable bonds is 5. The van der Waals surface area contributed by atoms with E-state index in [1.807, 2.05) is 35.2 Å². The topological polar surface area (TPSA) is 84.6 Å². The van der Waals surface area contributed by atoms with E-state index in [1.165, 1.54) is 0 Å². The monoisotopic (exact) mass is 405 g/mol. The van der Waals surface area contributed by atoms with Crippen LogP contribution in [-0.2, 0) is 0 Å². The summed E-state index contributed by atoms with van der Waals surface area (Å²) in [5.41, 5.74) is 1.50. The van der Waals surface area contributed by atoms with Crippen molar-refractivity contribution < 1.29 is 14.1 Å². The van der Waals surface area contributed by atoms with Crippen molar-refractivity contribution in [2.24, 2.45) is 0 Å². The molecule has 2 fully saturated rings. The second-order valence-electron chi connectivity index (χ2n) is 7.65. The van der Waals surface area contributed by atoms with E-state index in [1.54, 1.807) is 19.4 Å². The molecule has 0 radical (unpaired) electrons. The molecular weight excluding hydrogens is 382 g/mol. The lowest BCUT2D eigenvalue weighted by Gasteiger charge is -2.35. The number of carbonyl (C=O) groups is 1. The molecule has 0 bridgehead atoms. The molecule has 154 valence electrons. The van der Waals surface area contributed by atoms with E-state index in [0.717, 1.165) is 43.2 Å². The molecule has 2 aliphatic rings. The zero-order chi connectivity index (χ0) is 20.5. The average Bonchev–Trinajstić information content (AvgIpc) is 3.55. The molecule has 8 heteroatoms. The van der Waals surface area contributed by atoms with Crippen LogP contribution >= 0.6 is 0 Å². The number of amides is 1. The number of benzene rings is 1. The summed E-state index contributed by atoms with van der Waals surface area (Å²) in [7, 11) is 1.60. The molecule has 0 atom stereocenters. The van der Waals surface area contributed by atoms with E-state index >= 15 is 0 Å². The highest BCUT2D eigenvalue weighted by molar-refractivity contribution is 5.94. The zero-order valence-corrected chi connectivity index (χ0v) is 16.8. The molecule has 30 heavy (non-hydrogen) atoms. The molecule has 2 aromatic heterocycles. The maximum Gasteiger partial charge on any atom is 0.254 e. The number of piperazine rings is 1. The van der Waals surface area contributed by atoms with Crippen LogP contribution < -0.4 is 9.64 Å². The third-order valence-electron chi connectivity index (χ3n) is 5.58. The van der Waals surface area contributed by atoms with E-state index in [0.29, 0.717) is 36.1 Å². The summed E-state index contributed by atoms with van der Waals surface area (Å²) in [6, 6.07) is 11.2. The summed E-state index contributed by atoms with van der Waals surface area (Å²) < 4.78 is 10.6. The number of hydrogen-bond donors (Lipinski definition) is 0. The number of nitrogens with zero attached hydrogens (tertiary/aromatic N) is 5. The lowest BCUT2D eigenvalue weighted by Crippen LogP contribution is -2.49. The first-order chi connectivity index (χ1) is 14.7. The zero-order valence-electron chi connectivity index (χ0n) is 16.8. The number of anilines is 1. The van der Waals surface area contributed by atoms with Gasteiger partial charge in [-0.25, -0.2) is 4.98 Å². The van der Waals surface area contributed by atoms with E-state index in [4.69, 9.17) is 9.26 Å². The third kappa shape index (κ3) is 3.72. The van der Waals surface area contributed by atoms with Gasteiger partial charge in [0.25, 0.3) is 5.91 Å². The molecule has 1 aliphatic heterocycles. The SMILES string of the molecule is COc1cccc(C(=O)N2CCN(c3ccc(-c4noc(C5CC5)n4)cn3)CC2)c1. The Bertz CT molecular complexity index is 1040. The van der Waals surface area contributed by atoms with Gasteiger partial charge in [-0.1, -0.05) is 11.2 Å². The normalized spacial score (nSPS) is 16.6. The highest BCUT2D eigenvalue weighted by atomic mass is 16.5. The van der Waals surface area contributed by atoms with Crippen molar-refractivity contribution >= 4 is 11.7 Å². The second-order valence-corrected chi connectivity index (χ2v) is 7.65. The predicted molar refractivity (Wildman–Crippen MR) is 111 cm³/mol. The van der Waals surface area contributed by atoms with Gasteiger partial charge in [-0.2, -0.15) is 4.98 Å². The third-order valence-corrected chi connectivity index (χ3v) is 5.58. The summed E-state index contributed by atoms with van der Waals surface area (Å²) in [5.74, 6) is 3.36. The summed E-state index contributed by atoms with van der Waals surface area (Å²) in [6.07, 6.45) is 4.04. The Morgan fingerprint density at radius 2 is 1.97 bits per heavy atom. The molecule has 1 saturated carbocycles. The van der Waals surface area contributed by atoms with Crippen LogP contribution in [0, 0.1) is 0 Å². The highest BCUT2D eigenvalue weighted by Crippen LogP contribution is 2.39. The second kappa shape index (κ2) is 7.78. The molecule has 8 nitrogen and oxygen atoms in total. The predicted octanol–water partition coefficient (Wildman–Crippen LogP) is 2.98. The Morgan fingerprint density at radius 3 is 2.67 bits per heavy atom. The molecule has 5 rings (SSSR count). The van der Waals surface area contributed by atoms with Gasteiger partial charge in [-0.15, -0.1) is 0 Å². The van der Waals surface area contributed by atoms with Crippen molar-refractivity contribution in [3.63, 3.8) is 0 Å². The standard InChI is InChI=1S/C22H23N5O3/c1-29-18-4-2-3-16(13-18)22(28)27-11-9-26(10-12-27)19-8-7-17(14-23-19)20-24-21(30-25-20)15-5-6-15/h2-4,7-8,13-15H,5-6,9-12H2,1H3. The number of aromatic nitrogens is 3. The average molecular weight is 405 g/mol. The first-order valence-corrected chi connectivity index (χ1v) is 10.2. The van der Waals surface area contributed by atoms with Crippen LogP contribution in [0.3, 0.4) is 0 Å². The Hall–Kier alpha value is -3.42. The fourth-order valence-corrected chi connectivity index (χ4v) is 3.63. The Labute approximate surface area is 174 Å².